The Balaban J connectivity index is 1.79. The predicted octanol–water partition coefficient (Wildman–Crippen LogP) is 6.51. The summed E-state index contributed by atoms with van der Waals surface area (Å²) in [5, 5.41) is 5.68. The summed E-state index contributed by atoms with van der Waals surface area (Å²) in [6, 6.07) is 13.5. The maximum atomic E-state index is 14.7. The van der Waals surface area contributed by atoms with Crippen molar-refractivity contribution in [3.63, 3.8) is 0 Å². The highest BCUT2D eigenvalue weighted by atomic mass is 35.5. The predicted molar refractivity (Wildman–Crippen MR) is 122 cm³/mol. The molecule has 31 heavy (non-hydrogen) atoms. The van der Waals surface area contributed by atoms with Gasteiger partial charge in [0.25, 0.3) is 0 Å². The van der Waals surface area contributed by atoms with Gasteiger partial charge < -0.3 is 11.1 Å². The molecule has 5 rings (SSSR count). The molecule has 2 aromatic heterocycles. The first-order chi connectivity index (χ1) is 15.0. The summed E-state index contributed by atoms with van der Waals surface area (Å²) in [4.78, 5) is 5.17. The zero-order chi connectivity index (χ0) is 21.5. The second kappa shape index (κ2) is 7.83. The average molecular weight is 455 g/mol. The Hall–Kier alpha value is -3.16. The minimum absolute atomic E-state index is 0.162. The molecule has 2 heterocycles. The van der Waals surface area contributed by atoms with Crippen molar-refractivity contribution < 1.29 is 8.78 Å². The number of nitrogens with zero attached hydrogens (tertiary/aromatic N) is 2. The van der Waals surface area contributed by atoms with Gasteiger partial charge in [-0.05, 0) is 30.5 Å². The number of hydrogen-bond donors (Lipinski definition) is 2. The van der Waals surface area contributed by atoms with Crippen molar-refractivity contribution in [2.24, 2.45) is 5.73 Å². The van der Waals surface area contributed by atoms with Crippen LogP contribution in [0.25, 0.3) is 27.5 Å². The molecule has 0 radical (unpaired) electrons. The van der Waals surface area contributed by atoms with Crippen molar-refractivity contribution in [2.75, 3.05) is 5.32 Å². The Labute approximate surface area is 186 Å². The van der Waals surface area contributed by atoms with Gasteiger partial charge in [0.2, 0.25) is 0 Å². The van der Waals surface area contributed by atoms with E-state index in [0.29, 0.717) is 33.6 Å². The van der Waals surface area contributed by atoms with Crippen molar-refractivity contribution in [3.05, 3.63) is 88.0 Å². The molecule has 4 nitrogen and oxygen atoms in total. The SMILES string of the molecule is NC1=C(Nc2c(-c3c(F)cccc3F)nc3scc(-c4ccccc4)n23)C(Cl)=CCC1. The van der Waals surface area contributed by atoms with Crippen molar-refractivity contribution >= 4 is 33.7 Å². The summed E-state index contributed by atoms with van der Waals surface area (Å²) in [7, 11) is 0. The van der Waals surface area contributed by atoms with E-state index in [2.05, 4.69) is 10.3 Å². The van der Waals surface area contributed by atoms with E-state index in [-0.39, 0.29) is 11.3 Å². The lowest BCUT2D eigenvalue weighted by Crippen LogP contribution is -2.14. The number of anilines is 1. The van der Waals surface area contributed by atoms with Crippen molar-refractivity contribution in [1.29, 1.82) is 0 Å². The van der Waals surface area contributed by atoms with Crippen molar-refractivity contribution in [2.45, 2.75) is 12.8 Å². The van der Waals surface area contributed by atoms with E-state index < -0.39 is 11.6 Å². The maximum Gasteiger partial charge on any atom is 0.196 e. The van der Waals surface area contributed by atoms with Crippen LogP contribution in [-0.4, -0.2) is 9.38 Å². The Bertz CT molecular complexity index is 1330. The summed E-state index contributed by atoms with van der Waals surface area (Å²) in [6.45, 7) is 0. The van der Waals surface area contributed by atoms with Crippen LogP contribution >= 0.6 is 22.9 Å². The second-order valence-electron chi connectivity index (χ2n) is 7.13. The molecule has 3 N–H and O–H groups in total. The fourth-order valence-corrected chi connectivity index (χ4v) is 4.85. The molecule has 156 valence electrons. The third kappa shape index (κ3) is 3.40. The molecule has 0 saturated carbocycles. The fraction of sp³-hybridized carbons (Fsp3) is 0.0870. The standard InChI is InChI=1S/C23H17ClF2N4S/c24-14-8-4-11-17(27)20(14)28-22-21(19-15(25)9-5-10-16(19)26)29-23-30(22)18(12-31-23)13-6-2-1-3-7-13/h1-3,5-10,12,28H,4,11,27H2. The monoisotopic (exact) mass is 454 g/mol. The molecule has 0 unspecified atom stereocenters. The van der Waals surface area contributed by atoms with E-state index in [4.69, 9.17) is 17.3 Å². The lowest BCUT2D eigenvalue weighted by atomic mass is 10.1. The number of fused-ring (bicyclic) bond motifs is 1. The van der Waals surface area contributed by atoms with Crippen LogP contribution in [0.4, 0.5) is 14.6 Å². The zero-order valence-corrected chi connectivity index (χ0v) is 17.8. The Morgan fingerprint density at radius 3 is 2.52 bits per heavy atom. The largest absolute Gasteiger partial charge is 0.400 e. The highest BCUT2D eigenvalue weighted by Gasteiger charge is 2.25. The van der Waals surface area contributed by atoms with Gasteiger partial charge in [0.15, 0.2) is 4.96 Å². The number of nitrogens with two attached hydrogens (primary N) is 1. The molecule has 8 heteroatoms. The Kier molecular flexibility index (Phi) is 5.00. The minimum Gasteiger partial charge on any atom is -0.400 e. The molecular weight excluding hydrogens is 438 g/mol. The first-order valence-electron chi connectivity index (χ1n) is 9.66. The van der Waals surface area contributed by atoms with Crippen LogP contribution in [0.1, 0.15) is 12.8 Å². The number of thiazole rings is 1. The normalized spacial score (nSPS) is 14.2. The summed E-state index contributed by atoms with van der Waals surface area (Å²) >= 11 is 7.81. The van der Waals surface area contributed by atoms with Gasteiger partial charge in [0, 0.05) is 11.1 Å². The van der Waals surface area contributed by atoms with E-state index in [9.17, 15) is 8.78 Å². The highest BCUT2D eigenvalue weighted by Crippen LogP contribution is 2.40. The average Bonchev–Trinajstić information content (AvgIpc) is 3.31. The number of hydrogen-bond acceptors (Lipinski definition) is 4. The van der Waals surface area contributed by atoms with Crippen LogP contribution in [0.2, 0.25) is 0 Å². The number of aromatic nitrogens is 2. The number of benzene rings is 2. The van der Waals surface area contributed by atoms with Crippen molar-refractivity contribution in [3.8, 4) is 22.5 Å². The van der Waals surface area contributed by atoms with Gasteiger partial charge in [-0.2, -0.15) is 0 Å². The number of halogens is 3. The maximum absolute atomic E-state index is 14.7. The molecule has 0 saturated heterocycles. The highest BCUT2D eigenvalue weighted by molar-refractivity contribution is 7.15. The summed E-state index contributed by atoms with van der Waals surface area (Å²) in [5.74, 6) is -0.977. The Morgan fingerprint density at radius 1 is 1.06 bits per heavy atom. The van der Waals surface area contributed by atoms with Crippen LogP contribution in [-0.2, 0) is 0 Å². The molecule has 2 aromatic carbocycles. The molecule has 4 aromatic rings. The van der Waals surface area contributed by atoms with E-state index in [0.717, 1.165) is 17.7 Å². The lowest BCUT2D eigenvalue weighted by molar-refractivity contribution is 0.589. The molecule has 0 amide bonds. The van der Waals surface area contributed by atoms with Crippen LogP contribution in [0.5, 0.6) is 0 Å². The number of nitrogens with one attached hydrogen (secondary N) is 1. The topological polar surface area (TPSA) is 55.3 Å². The van der Waals surface area contributed by atoms with E-state index in [1.54, 1.807) is 0 Å². The summed E-state index contributed by atoms with van der Waals surface area (Å²) < 4.78 is 31.3. The molecule has 1 aliphatic carbocycles. The van der Waals surface area contributed by atoms with Gasteiger partial charge in [-0.1, -0.05) is 54.1 Å². The van der Waals surface area contributed by atoms with Crippen LogP contribution < -0.4 is 11.1 Å². The molecular formula is C23H17ClF2N4S. The number of allylic oxidation sites excluding steroid dienone is 3. The lowest BCUT2D eigenvalue weighted by Gasteiger charge is -2.18. The number of rotatable bonds is 4. The molecule has 0 spiro atoms. The first kappa shape index (κ1) is 19.8. The van der Waals surface area contributed by atoms with Crippen LogP contribution in [0, 0.1) is 11.6 Å². The summed E-state index contributed by atoms with van der Waals surface area (Å²) in [6.07, 6.45) is 3.24. The van der Waals surface area contributed by atoms with E-state index in [1.165, 1.54) is 29.5 Å². The van der Waals surface area contributed by atoms with Crippen LogP contribution in [0.15, 0.2) is 76.4 Å². The van der Waals surface area contributed by atoms with Gasteiger partial charge in [-0.25, -0.2) is 13.8 Å². The smallest absolute Gasteiger partial charge is 0.196 e. The second-order valence-corrected chi connectivity index (χ2v) is 8.37. The molecule has 0 bridgehead atoms. The molecule has 1 aliphatic rings. The van der Waals surface area contributed by atoms with Gasteiger partial charge >= 0.3 is 0 Å². The van der Waals surface area contributed by atoms with E-state index >= 15 is 0 Å². The number of imidazole rings is 1. The third-order valence-electron chi connectivity index (χ3n) is 5.17. The molecule has 0 aliphatic heterocycles. The first-order valence-corrected chi connectivity index (χ1v) is 10.9. The quantitative estimate of drug-likeness (QED) is 0.369. The van der Waals surface area contributed by atoms with Gasteiger partial charge in [-0.15, -0.1) is 11.3 Å². The molecule has 0 fully saturated rings. The van der Waals surface area contributed by atoms with Gasteiger partial charge in [0.1, 0.15) is 23.1 Å². The Morgan fingerprint density at radius 2 is 1.81 bits per heavy atom. The third-order valence-corrected chi connectivity index (χ3v) is 6.34. The van der Waals surface area contributed by atoms with Gasteiger partial charge in [-0.3, -0.25) is 4.40 Å². The fourth-order valence-electron chi connectivity index (χ4n) is 3.68. The van der Waals surface area contributed by atoms with E-state index in [1.807, 2.05) is 46.2 Å². The van der Waals surface area contributed by atoms with Crippen molar-refractivity contribution in [1.82, 2.24) is 9.38 Å². The zero-order valence-electron chi connectivity index (χ0n) is 16.2. The summed E-state index contributed by atoms with van der Waals surface area (Å²) in [5.41, 5.74) is 9.08. The van der Waals surface area contributed by atoms with Gasteiger partial charge in [0.05, 0.1) is 22.0 Å². The molecule has 0 atom stereocenters. The van der Waals surface area contributed by atoms with Crippen LogP contribution in [0.3, 0.4) is 0 Å². The minimum atomic E-state index is -0.692.